The van der Waals surface area contributed by atoms with Crippen LogP contribution in [-0.4, -0.2) is 30.0 Å². The monoisotopic (exact) mass is 344 g/mol. The van der Waals surface area contributed by atoms with E-state index in [9.17, 15) is 10.2 Å². The summed E-state index contributed by atoms with van der Waals surface area (Å²) in [6.07, 6.45) is -0.769. The molecule has 0 aliphatic carbocycles. The summed E-state index contributed by atoms with van der Waals surface area (Å²) in [7, 11) is 3.13. The lowest BCUT2D eigenvalue weighted by Crippen LogP contribution is -2.34. The molecule has 0 amide bonds. The first kappa shape index (κ1) is 17.6. The average molecular weight is 344 g/mol. The van der Waals surface area contributed by atoms with Crippen LogP contribution in [-0.2, 0) is 4.74 Å². The van der Waals surface area contributed by atoms with Gasteiger partial charge >= 0.3 is 0 Å². The quantitative estimate of drug-likeness (QED) is 0.887. The third kappa shape index (κ3) is 3.05. The van der Waals surface area contributed by atoms with Gasteiger partial charge in [-0.25, -0.2) is 0 Å². The molecule has 2 N–H and O–H groups in total. The van der Waals surface area contributed by atoms with Gasteiger partial charge in [-0.1, -0.05) is 25.1 Å². The number of hydrogen-bond donors (Lipinski definition) is 2. The number of phenols is 1. The minimum Gasteiger partial charge on any atom is -0.504 e. The standard InChI is InChI=1S/C20H24O5/c1-12-18(14-7-10-16(21)17(11-14)24-4)25-19(20(12,2)22)13-5-8-15(23-3)9-6-13/h5-12,18-19,21-22H,1-4H3/t12-,18-,19+,20-/m0/s1. The number of benzene rings is 2. The molecule has 3 rings (SSSR count). The van der Waals surface area contributed by atoms with Crippen molar-refractivity contribution in [1.29, 1.82) is 0 Å². The Bertz CT molecular complexity index is 738. The van der Waals surface area contributed by atoms with Crippen LogP contribution >= 0.6 is 0 Å². The fraction of sp³-hybridized carbons (Fsp3) is 0.400. The van der Waals surface area contributed by atoms with Crippen molar-refractivity contribution in [1.82, 2.24) is 0 Å². The number of hydrogen-bond acceptors (Lipinski definition) is 5. The molecule has 0 aromatic heterocycles. The molecule has 0 saturated carbocycles. The van der Waals surface area contributed by atoms with E-state index in [4.69, 9.17) is 14.2 Å². The number of methoxy groups -OCH3 is 2. The van der Waals surface area contributed by atoms with E-state index < -0.39 is 11.7 Å². The molecule has 1 heterocycles. The molecular formula is C20H24O5. The zero-order valence-corrected chi connectivity index (χ0v) is 14.9. The van der Waals surface area contributed by atoms with Crippen molar-refractivity contribution in [2.45, 2.75) is 31.7 Å². The fourth-order valence-electron chi connectivity index (χ4n) is 3.38. The Hall–Kier alpha value is -2.24. The highest BCUT2D eigenvalue weighted by atomic mass is 16.5. The molecule has 1 aliphatic heterocycles. The van der Waals surface area contributed by atoms with Crippen LogP contribution in [0.2, 0.25) is 0 Å². The lowest BCUT2D eigenvalue weighted by atomic mass is 9.81. The molecule has 1 fully saturated rings. The highest BCUT2D eigenvalue weighted by Gasteiger charge is 2.51. The molecule has 1 saturated heterocycles. The molecule has 5 heteroatoms. The maximum Gasteiger partial charge on any atom is 0.160 e. The van der Waals surface area contributed by atoms with Crippen molar-refractivity contribution in [2.24, 2.45) is 5.92 Å². The first-order chi connectivity index (χ1) is 11.9. The van der Waals surface area contributed by atoms with Gasteiger partial charge in [0.2, 0.25) is 0 Å². The van der Waals surface area contributed by atoms with E-state index in [0.717, 1.165) is 16.9 Å². The first-order valence-corrected chi connectivity index (χ1v) is 8.27. The van der Waals surface area contributed by atoms with Crippen LogP contribution in [0.15, 0.2) is 42.5 Å². The number of ether oxygens (including phenoxy) is 3. The lowest BCUT2D eigenvalue weighted by Gasteiger charge is -2.28. The summed E-state index contributed by atoms with van der Waals surface area (Å²) in [5, 5.41) is 20.9. The van der Waals surface area contributed by atoms with E-state index in [-0.39, 0.29) is 17.8 Å². The smallest absolute Gasteiger partial charge is 0.160 e. The molecule has 25 heavy (non-hydrogen) atoms. The van der Waals surface area contributed by atoms with Crippen LogP contribution in [0.5, 0.6) is 17.2 Å². The van der Waals surface area contributed by atoms with Crippen LogP contribution in [0.1, 0.15) is 37.2 Å². The Labute approximate surface area is 147 Å². The highest BCUT2D eigenvalue weighted by Crippen LogP contribution is 2.52. The Morgan fingerprint density at radius 1 is 1.00 bits per heavy atom. The highest BCUT2D eigenvalue weighted by molar-refractivity contribution is 5.43. The zero-order valence-electron chi connectivity index (χ0n) is 14.9. The minimum absolute atomic E-state index is 0.0790. The SMILES string of the molecule is COc1ccc([C@H]2O[C@H](c3ccc(O)c(OC)c3)[C@H](C)[C@]2(C)O)cc1. The third-order valence-electron chi connectivity index (χ3n) is 5.14. The molecular weight excluding hydrogens is 320 g/mol. The Morgan fingerprint density at radius 2 is 1.64 bits per heavy atom. The fourth-order valence-corrected chi connectivity index (χ4v) is 3.38. The molecule has 5 nitrogen and oxygen atoms in total. The van der Waals surface area contributed by atoms with Gasteiger partial charge in [0.05, 0.1) is 25.9 Å². The van der Waals surface area contributed by atoms with Crippen molar-refractivity contribution < 1.29 is 24.4 Å². The van der Waals surface area contributed by atoms with Crippen molar-refractivity contribution >= 4 is 0 Å². The number of aromatic hydroxyl groups is 1. The van der Waals surface area contributed by atoms with Crippen molar-refractivity contribution in [2.75, 3.05) is 14.2 Å². The number of phenolic OH excluding ortho intramolecular Hbond substituents is 1. The topological polar surface area (TPSA) is 68.2 Å². The molecule has 134 valence electrons. The first-order valence-electron chi connectivity index (χ1n) is 8.27. The van der Waals surface area contributed by atoms with Gasteiger partial charge in [0.25, 0.3) is 0 Å². The Kier molecular flexibility index (Phi) is 4.62. The summed E-state index contributed by atoms with van der Waals surface area (Å²) in [6.45, 7) is 3.76. The van der Waals surface area contributed by atoms with E-state index in [1.165, 1.54) is 7.11 Å². The Balaban J connectivity index is 1.93. The van der Waals surface area contributed by atoms with Crippen molar-refractivity contribution in [3.63, 3.8) is 0 Å². The van der Waals surface area contributed by atoms with Gasteiger partial charge in [0, 0.05) is 5.92 Å². The van der Waals surface area contributed by atoms with Crippen LogP contribution in [0, 0.1) is 5.92 Å². The maximum absolute atomic E-state index is 11.1. The van der Waals surface area contributed by atoms with Crippen LogP contribution in [0.4, 0.5) is 0 Å². The predicted octanol–water partition coefficient (Wildman–Crippen LogP) is 3.61. The second-order valence-corrected chi connectivity index (χ2v) is 6.66. The summed E-state index contributed by atoms with van der Waals surface area (Å²) in [5.74, 6) is 1.08. The molecule has 0 spiro atoms. The van der Waals surface area contributed by atoms with E-state index in [0.29, 0.717) is 5.75 Å². The van der Waals surface area contributed by atoms with Gasteiger partial charge < -0.3 is 24.4 Å². The molecule has 0 unspecified atom stereocenters. The summed E-state index contributed by atoms with van der Waals surface area (Å²) in [4.78, 5) is 0. The van der Waals surface area contributed by atoms with Crippen LogP contribution in [0.3, 0.4) is 0 Å². The average Bonchev–Trinajstić information content (AvgIpc) is 2.86. The summed E-state index contributed by atoms with van der Waals surface area (Å²) < 4.78 is 16.6. The van der Waals surface area contributed by atoms with Crippen LogP contribution in [0.25, 0.3) is 0 Å². The summed E-state index contributed by atoms with van der Waals surface area (Å²) in [6, 6.07) is 12.7. The maximum atomic E-state index is 11.1. The molecule has 4 atom stereocenters. The minimum atomic E-state index is -1.04. The summed E-state index contributed by atoms with van der Waals surface area (Å²) in [5.41, 5.74) is 0.717. The predicted molar refractivity (Wildman–Crippen MR) is 94.0 cm³/mol. The van der Waals surface area contributed by atoms with Gasteiger partial charge in [-0.3, -0.25) is 0 Å². The van der Waals surface area contributed by atoms with Crippen molar-refractivity contribution in [3.8, 4) is 17.2 Å². The van der Waals surface area contributed by atoms with Gasteiger partial charge in [-0.05, 0) is 42.3 Å². The lowest BCUT2D eigenvalue weighted by molar-refractivity contribution is -0.0444. The van der Waals surface area contributed by atoms with Gasteiger partial charge in [0.15, 0.2) is 11.5 Å². The Morgan fingerprint density at radius 3 is 2.24 bits per heavy atom. The molecule has 2 aromatic carbocycles. The normalized spacial score (nSPS) is 28.8. The number of rotatable bonds is 4. The van der Waals surface area contributed by atoms with Gasteiger partial charge in [0.1, 0.15) is 11.9 Å². The van der Waals surface area contributed by atoms with Crippen LogP contribution < -0.4 is 9.47 Å². The molecule has 2 aromatic rings. The number of aliphatic hydroxyl groups is 1. The largest absolute Gasteiger partial charge is 0.504 e. The second-order valence-electron chi connectivity index (χ2n) is 6.66. The van der Waals surface area contributed by atoms with Crippen molar-refractivity contribution in [3.05, 3.63) is 53.6 Å². The van der Waals surface area contributed by atoms with E-state index in [1.807, 2.05) is 31.2 Å². The second kappa shape index (κ2) is 6.58. The third-order valence-corrected chi connectivity index (χ3v) is 5.14. The van der Waals surface area contributed by atoms with Gasteiger partial charge in [-0.2, -0.15) is 0 Å². The van der Waals surface area contributed by atoms with E-state index in [2.05, 4.69) is 0 Å². The molecule has 1 aliphatic rings. The molecule has 0 bridgehead atoms. The van der Waals surface area contributed by atoms with Gasteiger partial charge in [-0.15, -0.1) is 0 Å². The molecule has 0 radical (unpaired) electrons. The summed E-state index contributed by atoms with van der Waals surface area (Å²) >= 11 is 0. The van der Waals surface area contributed by atoms with E-state index >= 15 is 0 Å². The van der Waals surface area contributed by atoms with E-state index in [1.54, 1.807) is 32.2 Å². The zero-order chi connectivity index (χ0) is 18.2.